The number of amides is 1. The summed E-state index contributed by atoms with van der Waals surface area (Å²) in [6.07, 6.45) is 1.74. The van der Waals surface area contributed by atoms with Crippen LogP contribution in [0.1, 0.15) is 21.7 Å². The van der Waals surface area contributed by atoms with Gasteiger partial charge >= 0.3 is 0 Å². The van der Waals surface area contributed by atoms with E-state index in [0.29, 0.717) is 22.9 Å². The number of rotatable bonds is 5. The van der Waals surface area contributed by atoms with Crippen LogP contribution in [0.25, 0.3) is 16.7 Å². The van der Waals surface area contributed by atoms with Gasteiger partial charge in [0.15, 0.2) is 5.65 Å². The van der Waals surface area contributed by atoms with Crippen molar-refractivity contribution in [3.8, 4) is 5.69 Å². The van der Waals surface area contributed by atoms with Gasteiger partial charge in [0.25, 0.3) is 5.91 Å². The van der Waals surface area contributed by atoms with Crippen molar-refractivity contribution in [1.29, 1.82) is 0 Å². The van der Waals surface area contributed by atoms with E-state index in [2.05, 4.69) is 25.9 Å². The standard InChI is InChI=1S/C21H20N6O2/c1-13-9-10-15(21(28)26-29-3)11-18(13)25-19-17-12-22-27(16-7-5-4-6-8-16)20(17)24-14(2)23-19/h4-12H,1-3H3,(H,26,28)(H,23,24,25). The van der Waals surface area contributed by atoms with E-state index in [4.69, 9.17) is 4.84 Å². The van der Waals surface area contributed by atoms with E-state index in [-0.39, 0.29) is 5.91 Å². The summed E-state index contributed by atoms with van der Waals surface area (Å²) in [5.41, 5.74) is 6.16. The Balaban J connectivity index is 1.77. The van der Waals surface area contributed by atoms with Crippen LogP contribution in [0.5, 0.6) is 0 Å². The normalized spacial score (nSPS) is 10.9. The summed E-state index contributed by atoms with van der Waals surface area (Å²) in [5.74, 6) is 0.919. The molecule has 0 aliphatic rings. The zero-order chi connectivity index (χ0) is 20.4. The van der Waals surface area contributed by atoms with Crippen LogP contribution in [0.15, 0.2) is 54.7 Å². The first-order valence-electron chi connectivity index (χ1n) is 9.05. The Bertz CT molecular complexity index is 1190. The second-order valence-corrected chi connectivity index (χ2v) is 6.54. The predicted octanol–water partition coefficient (Wildman–Crippen LogP) is 3.47. The second-order valence-electron chi connectivity index (χ2n) is 6.54. The maximum Gasteiger partial charge on any atom is 0.274 e. The first-order chi connectivity index (χ1) is 14.1. The van der Waals surface area contributed by atoms with Gasteiger partial charge in [-0.15, -0.1) is 0 Å². The van der Waals surface area contributed by atoms with Gasteiger partial charge in [-0.3, -0.25) is 9.63 Å². The van der Waals surface area contributed by atoms with Crippen LogP contribution in [0.3, 0.4) is 0 Å². The Labute approximate surface area is 167 Å². The third kappa shape index (κ3) is 3.65. The molecule has 2 N–H and O–H groups in total. The quantitative estimate of drug-likeness (QED) is 0.509. The fraction of sp³-hybridized carbons (Fsp3) is 0.143. The van der Waals surface area contributed by atoms with Crippen molar-refractivity contribution >= 4 is 28.4 Å². The van der Waals surface area contributed by atoms with Gasteiger partial charge in [-0.1, -0.05) is 24.3 Å². The Kier molecular flexibility index (Phi) is 4.92. The highest BCUT2D eigenvalue weighted by atomic mass is 16.6. The molecule has 0 fully saturated rings. The van der Waals surface area contributed by atoms with Crippen LogP contribution in [-0.2, 0) is 4.84 Å². The molecule has 4 aromatic rings. The molecule has 0 spiro atoms. The van der Waals surface area contributed by atoms with Crippen molar-refractivity contribution < 1.29 is 9.63 Å². The third-order valence-electron chi connectivity index (χ3n) is 4.49. The van der Waals surface area contributed by atoms with Crippen LogP contribution in [0, 0.1) is 13.8 Å². The minimum absolute atomic E-state index is 0.323. The molecule has 0 saturated carbocycles. The molecule has 1 amide bonds. The molecule has 8 nitrogen and oxygen atoms in total. The largest absolute Gasteiger partial charge is 0.339 e. The topological polar surface area (TPSA) is 94.0 Å². The lowest BCUT2D eigenvalue weighted by atomic mass is 10.1. The molecule has 146 valence electrons. The summed E-state index contributed by atoms with van der Waals surface area (Å²) in [5, 5.41) is 8.61. The second kappa shape index (κ2) is 7.69. The van der Waals surface area contributed by atoms with Crippen molar-refractivity contribution in [2.75, 3.05) is 12.4 Å². The number of anilines is 2. The molecule has 0 atom stereocenters. The van der Waals surface area contributed by atoms with Crippen molar-refractivity contribution in [2.45, 2.75) is 13.8 Å². The monoisotopic (exact) mass is 388 g/mol. The van der Waals surface area contributed by atoms with E-state index < -0.39 is 0 Å². The fourth-order valence-corrected chi connectivity index (χ4v) is 3.05. The molecule has 0 saturated heterocycles. The van der Waals surface area contributed by atoms with Crippen LogP contribution in [0.4, 0.5) is 11.5 Å². The van der Waals surface area contributed by atoms with Gasteiger partial charge in [-0.05, 0) is 43.7 Å². The average Bonchev–Trinajstić information content (AvgIpc) is 3.14. The molecule has 2 aromatic heterocycles. The van der Waals surface area contributed by atoms with Crippen LogP contribution in [-0.4, -0.2) is 32.8 Å². The van der Waals surface area contributed by atoms with Crippen molar-refractivity contribution in [3.05, 3.63) is 71.7 Å². The summed E-state index contributed by atoms with van der Waals surface area (Å²) in [7, 11) is 1.40. The minimum atomic E-state index is -0.323. The van der Waals surface area contributed by atoms with Gasteiger partial charge in [0, 0.05) is 11.3 Å². The van der Waals surface area contributed by atoms with Gasteiger partial charge < -0.3 is 5.32 Å². The number of aryl methyl sites for hydroxylation is 2. The summed E-state index contributed by atoms with van der Waals surface area (Å²) >= 11 is 0. The molecular weight excluding hydrogens is 368 g/mol. The number of carbonyl (C=O) groups excluding carboxylic acids is 1. The predicted molar refractivity (Wildman–Crippen MR) is 110 cm³/mol. The molecule has 2 heterocycles. The molecule has 2 aromatic carbocycles. The molecular formula is C21H20N6O2. The van der Waals surface area contributed by atoms with E-state index in [1.807, 2.05) is 50.2 Å². The number of hydrogen-bond donors (Lipinski definition) is 2. The SMILES string of the molecule is CONC(=O)c1ccc(C)c(Nc2nc(C)nc3c2cnn3-c2ccccc2)c1. The van der Waals surface area contributed by atoms with E-state index in [1.54, 1.807) is 23.0 Å². The Morgan fingerprint density at radius 1 is 1.07 bits per heavy atom. The van der Waals surface area contributed by atoms with E-state index in [0.717, 1.165) is 22.3 Å². The number of nitrogens with zero attached hydrogens (tertiary/aromatic N) is 4. The van der Waals surface area contributed by atoms with Crippen molar-refractivity contribution in [2.24, 2.45) is 0 Å². The number of nitrogens with one attached hydrogen (secondary N) is 2. The Morgan fingerprint density at radius 2 is 1.86 bits per heavy atom. The number of para-hydroxylation sites is 1. The smallest absolute Gasteiger partial charge is 0.274 e. The van der Waals surface area contributed by atoms with Gasteiger partial charge in [-0.2, -0.15) is 5.10 Å². The minimum Gasteiger partial charge on any atom is -0.339 e. The lowest BCUT2D eigenvalue weighted by molar-refractivity contribution is 0.0537. The van der Waals surface area contributed by atoms with Crippen LogP contribution in [0.2, 0.25) is 0 Å². The maximum atomic E-state index is 12.1. The number of benzene rings is 2. The van der Waals surface area contributed by atoms with Crippen molar-refractivity contribution in [3.63, 3.8) is 0 Å². The Hall–Kier alpha value is -3.78. The molecule has 0 aliphatic carbocycles. The highest BCUT2D eigenvalue weighted by molar-refractivity contribution is 5.95. The summed E-state index contributed by atoms with van der Waals surface area (Å²) in [6.45, 7) is 3.79. The lowest BCUT2D eigenvalue weighted by Crippen LogP contribution is -2.21. The average molecular weight is 388 g/mol. The first-order valence-corrected chi connectivity index (χ1v) is 9.05. The maximum absolute atomic E-state index is 12.1. The fourth-order valence-electron chi connectivity index (χ4n) is 3.05. The van der Waals surface area contributed by atoms with E-state index in [9.17, 15) is 4.79 Å². The molecule has 0 aliphatic heterocycles. The van der Waals surface area contributed by atoms with Gasteiger partial charge in [0.2, 0.25) is 0 Å². The van der Waals surface area contributed by atoms with Gasteiger partial charge in [-0.25, -0.2) is 20.1 Å². The summed E-state index contributed by atoms with van der Waals surface area (Å²) < 4.78 is 1.78. The number of aromatic nitrogens is 4. The molecule has 8 heteroatoms. The third-order valence-corrected chi connectivity index (χ3v) is 4.49. The molecule has 0 unspecified atom stereocenters. The first kappa shape index (κ1) is 18.6. The Morgan fingerprint density at radius 3 is 2.62 bits per heavy atom. The summed E-state index contributed by atoms with van der Waals surface area (Å²) in [4.78, 5) is 25.9. The number of fused-ring (bicyclic) bond motifs is 1. The molecule has 29 heavy (non-hydrogen) atoms. The van der Waals surface area contributed by atoms with E-state index in [1.165, 1.54) is 7.11 Å². The summed E-state index contributed by atoms with van der Waals surface area (Å²) in [6, 6.07) is 15.2. The molecule has 0 radical (unpaired) electrons. The highest BCUT2D eigenvalue weighted by Gasteiger charge is 2.15. The molecule has 4 rings (SSSR count). The highest BCUT2D eigenvalue weighted by Crippen LogP contribution is 2.27. The zero-order valence-corrected chi connectivity index (χ0v) is 16.3. The number of carbonyl (C=O) groups is 1. The van der Waals surface area contributed by atoms with Gasteiger partial charge in [0.05, 0.1) is 24.4 Å². The van der Waals surface area contributed by atoms with Crippen LogP contribution < -0.4 is 10.8 Å². The lowest BCUT2D eigenvalue weighted by Gasteiger charge is -2.12. The molecule has 0 bridgehead atoms. The van der Waals surface area contributed by atoms with Gasteiger partial charge in [0.1, 0.15) is 11.6 Å². The van der Waals surface area contributed by atoms with E-state index >= 15 is 0 Å². The number of hydroxylamine groups is 1. The van der Waals surface area contributed by atoms with Crippen molar-refractivity contribution in [1.82, 2.24) is 25.2 Å². The zero-order valence-electron chi connectivity index (χ0n) is 16.3. The van der Waals surface area contributed by atoms with Crippen LogP contribution >= 0.6 is 0 Å². The number of hydrogen-bond acceptors (Lipinski definition) is 6.